The summed E-state index contributed by atoms with van der Waals surface area (Å²) in [5, 5.41) is 11.6. The Bertz CT molecular complexity index is 2250. The molecule has 8 nitrogen and oxygen atoms in total. The number of allylic oxidation sites excluding steroid dienone is 4. The summed E-state index contributed by atoms with van der Waals surface area (Å²) in [6, 6.07) is 20.4. The van der Waals surface area contributed by atoms with Crippen LogP contribution in [0.3, 0.4) is 0 Å². The number of hydrogen-bond donors (Lipinski definition) is 1. The first kappa shape index (κ1) is 42.5. The van der Waals surface area contributed by atoms with Gasteiger partial charge in [-0.25, -0.2) is 9.59 Å². The molecule has 0 bridgehead atoms. The van der Waals surface area contributed by atoms with Crippen LogP contribution in [0.15, 0.2) is 115 Å². The van der Waals surface area contributed by atoms with E-state index < -0.39 is 5.92 Å². The van der Waals surface area contributed by atoms with E-state index in [4.69, 9.17) is 9.47 Å². The third kappa shape index (κ3) is 8.65. The van der Waals surface area contributed by atoms with Gasteiger partial charge in [-0.1, -0.05) is 97.8 Å². The van der Waals surface area contributed by atoms with Crippen LogP contribution < -0.4 is 9.80 Å². The van der Waals surface area contributed by atoms with Crippen LogP contribution >= 0.6 is 0 Å². The number of aliphatic hydroxyl groups excluding tert-OH is 1. The fourth-order valence-corrected chi connectivity index (χ4v) is 9.70. The molecule has 314 valence electrons. The zero-order valence-corrected chi connectivity index (χ0v) is 36.1. The average Bonchev–Trinajstić information content (AvgIpc) is 3.22. The molecule has 5 atom stereocenters. The maximum Gasteiger partial charge on any atom is 0.333 e. The SMILES string of the molecule is C=C(C)C(=O)OC1CCCCC1N(c1ccc(C2=C(O)C(C3C=CC(N(c4ccc(C)cc4C)C4CCCCC4OC(=O)C(=C)C)C=C3)C2=O)cc1)c1ccc(C)cc1C. The summed E-state index contributed by atoms with van der Waals surface area (Å²) in [5.41, 5.74) is 9.42. The summed E-state index contributed by atoms with van der Waals surface area (Å²) < 4.78 is 12.1. The van der Waals surface area contributed by atoms with E-state index in [1.807, 2.05) is 36.4 Å². The molecule has 1 N–H and O–H groups in total. The molecule has 4 aliphatic carbocycles. The smallest absolute Gasteiger partial charge is 0.333 e. The number of rotatable bonds is 12. The fourth-order valence-electron chi connectivity index (χ4n) is 9.70. The molecule has 2 saturated carbocycles. The summed E-state index contributed by atoms with van der Waals surface area (Å²) in [6.07, 6.45) is 15.0. The van der Waals surface area contributed by atoms with Gasteiger partial charge in [0.1, 0.15) is 18.0 Å². The van der Waals surface area contributed by atoms with Gasteiger partial charge >= 0.3 is 11.9 Å². The van der Waals surface area contributed by atoms with Crippen molar-refractivity contribution < 1.29 is 29.0 Å². The second-order valence-corrected chi connectivity index (χ2v) is 17.5. The van der Waals surface area contributed by atoms with Crippen molar-refractivity contribution in [3.63, 3.8) is 0 Å². The minimum atomic E-state index is -0.667. The minimum Gasteiger partial charge on any atom is -0.511 e. The Kier molecular flexibility index (Phi) is 12.7. The second kappa shape index (κ2) is 17.9. The molecule has 0 heterocycles. The van der Waals surface area contributed by atoms with E-state index in [9.17, 15) is 19.5 Å². The van der Waals surface area contributed by atoms with Crippen LogP contribution in [-0.4, -0.2) is 53.2 Å². The Labute approximate surface area is 356 Å². The summed E-state index contributed by atoms with van der Waals surface area (Å²) in [6.45, 7) is 19.4. The number of ether oxygens (including phenoxy) is 2. The molecule has 60 heavy (non-hydrogen) atoms. The van der Waals surface area contributed by atoms with Gasteiger partial charge in [0.2, 0.25) is 0 Å². The van der Waals surface area contributed by atoms with Crippen molar-refractivity contribution in [1.29, 1.82) is 0 Å². The number of ketones is 1. The van der Waals surface area contributed by atoms with Gasteiger partial charge in [-0.3, -0.25) is 4.79 Å². The molecule has 0 spiro atoms. The van der Waals surface area contributed by atoms with E-state index in [0.29, 0.717) is 22.3 Å². The molecule has 3 aromatic carbocycles. The van der Waals surface area contributed by atoms with Gasteiger partial charge in [0, 0.05) is 34.1 Å². The maximum absolute atomic E-state index is 14.0. The standard InChI is InChI=1S/C52H60N2O6/c1-31(2)51(57)59-45-15-11-9-13-43(45)53(41-27-17-33(5)29-35(41)7)39-23-19-37(20-24-39)47-49(55)48(50(47)56)38-21-25-40(26-22-38)54(42-28-18-34(6)30-36(42)8)44-14-10-12-16-46(44)60-52(58)32(3)4/h17-30,37,39,43-47,55H,1,3,9-16H2,2,4-8H3. The van der Waals surface area contributed by atoms with E-state index in [1.54, 1.807) is 13.8 Å². The molecule has 4 aliphatic rings. The lowest BCUT2D eigenvalue weighted by atomic mass is 9.70. The predicted molar refractivity (Wildman–Crippen MR) is 240 cm³/mol. The number of esters is 2. The van der Waals surface area contributed by atoms with Gasteiger partial charge in [0.15, 0.2) is 5.78 Å². The van der Waals surface area contributed by atoms with E-state index in [2.05, 4.69) is 99.2 Å². The number of carbonyl (C=O) groups is 3. The third-order valence-electron chi connectivity index (χ3n) is 12.8. The van der Waals surface area contributed by atoms with Crippen molar-refractivity contribution in [2.24, 2.45) is 11.8 Å². The zero-order chi connectivity index (χ0) is 42.8. The molecular formula is C52H60N2O6. The van der Waals surface area contributed by atoms with E-state index in [1.165, 1.54) is 5.56 Å². The lowest BCUT2D eigenvalue weighted by Crippen LogP contribution is -2.52. The first-order valence-electron chi connectivity index (χ1n) is 21.6. The molecule has 2 fully saturated rings. The summed E-state index contributed by atoms with van der Waals surface area (Å²) in [7, 11) is 0. The number of nitrogens with zero attached hydrogens (tertiary/aromatic N) is 2. The Balaban J connectivity index is 1.13. The van der Waals surface area contributed by atoms with Crippen LogP contribution in [0.2, 0.25) is 0 Å². The summed E-state index contributed by atoms with van der Waals surface area (Å²) >= 11 is 0. The van der Waals surface area contributed by atoms with Gasteiger partial charge in [-0.2, -0.15) is 0 Å². The summed E-state index contributed by atoms with van der Waals surface area (Å²) in [5.74, 6) is -1.70. The number of aliphatic hydroxyl groups is 1. The van der Waals surface area contributed by atoms with Crippen LogP contribution in [0.1, 0.15) is 93.0 Å². The number of anilines is 3. The number of benzene rings is 3. The molecule has 7 rings (SSSR count). The van der Waals surface area contributed by atoms with Crippen molar-refractivity contribution in [2.75, 3.05) is 9.80 Å². The van der Waals surface area contributed by atoms with Crippen LogP contribution in [0.5, 0.6) is 0 Å². The predicted octanol–water partition coefficient (Wildman–Crippen LogP) is 11.0. The van der Waals surface area contributed by atoms with Crippen LogP contribution in [0.4, 0.5) is 17.1 Å². The van der Waals surface area contributed by atoms with Crippen LogP contribution in [-0.2, 0) is 23.9 Å². The molecule has 0 radical (unpaired) electrons. The van der Waals surface area contributed by atoms with Gasteiger partial charge in [-0.15, -0.1) is 0 Å². The Morgan fingerprint density at radius 2 is 1.17 bits per heavy atom. The molecule has 5 unspecified atom stereocenters. The zero-order valence-electron chi connectivity index (χ0n) is 36.1. The van der Waals surface area contributed by atoms with Gasteiger partial charge in [0.25, 0.3) is 0 Å². The van der Waals surface area contributed by atoms with Gasteiger partial charge in [-0.05, 0) is 121 Å². The minimum absolute atomic E-state index is 0.0475. The number of hydrogen-bond acceptors (Lipinski definition) is 8. The first-order valence-corrected chi connectivity index (χ1v) is 21.6. The van der Waals surface area contributed by atoms with Crippen molar-refractivity contribution in [3.05, 3.63) is 143 Å². The van der Waals surface area contributed by atoms with Crippen molar-refractivity contribution >= 4 is 40.4 Å². The number of carbonyl (C=O) groups excluding carboxylic acids is 3. The fraction of sp³-hybridized carbons (Fsp3) is 0.404. The van der Waals surface area contributed by atoms with E-state index in [0.717, 1.165) is 85.1 Å². The second-order valence-electron chi connectivity index (χ2n) is 17.5. The Hall–Kier alpha value is -5.63. The molecule has 3 aromatic rings. The van der Waals surface area contributed by atoms with E-state index >= 15 is 0 Å². The highest BCUT2D eigenvalue weighted by atomic mass is 16.5. The quantitative estimate of drug-likeness (QED) is 0.110. The highest BCUT2D eigenvalue weighted by molar-refractivity contribution is 6.30. The van der Waals surface area contributed by atoms with Gasteiger partial charge in [0.05, 0.1) is 29.6 Å². The lowest BCUT2D eigenvalue weighted by molar-refractivity contribution is -0.147. The van der Waals surface area contributed by atoms with Crippen molar-refractivity contribution in [2.45, 2.75) is 123 Å². The Morgan fingerprint density at radius 3 is 1.68 bits per heavy atom. The highest BCUT2D eigenvalue weighted by Gasteiger charge is 2.45. The highest BCUT2D eigenvalue weighted by Crippen LogP contribution is 2.45. The van der Waals surface area contributed by atoms with Crippen molar-refractivity contribution in [3.8, 4) is 0 Å². The average molecular weight is 809 g/mol. The monoisotopic (exact) mass is 808 g/mol. The number of Topliss-reactive ketones (excluding diaryl/α,β-unsaturated/α-hetero) is 1. The molecule has 0 aliphatic heterocycles. The Morgan fingerprint density at radius 1 is 0.667 bits per heavy atom. The molecule has 0 aromatic heterocycles. The van der Waals surface area contributed by atoms with E-state index in [-0.39, 0.29) is 59.7 Å². The topological polar surface area (TPSA) is 96.4 Å². The lowest BCUT2D eigenvalue weighted by Gasteiger charge is -2.45. The van der Waals surface area contributed by atoms with Crippen LogP contribution in [0.25, 0.3) is 5.57 Å². The molecular weight excluding hydrogens is 749 g/mol. The van der Waals surface area contributed by atoms with Gasteiger partial charge < -0.3 is 24.4 Å². The van der Waals surface area contributed by atoms with Crippen molar-refractivity contribution in [1.82, 2.24) is 0 Å². The molecule has 0 amide bonds. The first-order chi connectivity index (χ1) is 28.7. The third-order valence-corrected chi connectivity index (χ3v) is 12.8. The van der Waals surface area contributed by atoms with Crippen LogP contribution in [0, 0.1) is 39.5 Å². The number of aryl methyl sites for hydroxylation is 4. The molecule has 0 saturated heterocycles. The normalized spacial score (nSPS) is 25.0. The largest absolute Gasteiger partial charge is 0.511 e. The maximum atomic E-state index is 14.0. The molecule has 8 heteroatoms. The summed E-state index contributed by atoms with van der Waals surface area (Å²) in [4.78, 5) is 44.1.